The van der Waals surface area contributed by atoms with Gasteiger partial charge in [-0.2, -0.15) is 0 Å². The number of nitrogens with two attached hydrogens (primary N) is 1. The Balaban J connectivity index is 2.71. The van der Waals surface area contributed by atoms with Crippen LogP contribution in [0.1, 0.15) is 40.2 Å². The van der Waals surface area contributed by atoms with Crippen molar-refractivity contribution in [1.82, 2.24) is 10.2 Å². The van der Waals surface area contributed by atoms with Crippen LogP contribution >= 0.6 is 0 Å². The van der Waals surface area contributed by atoms with Gasteiger partial charge < -0.3 is 11.1 Å². The Labute approximate surface area is 128 Å². The summed E-state index contributed by atoms with van der Waals surface area (Å²) in [6.07, 6.45) is 0. The van der Waals surface area contributed by atoms with Gasteiger partial charge in [-0.15, -0.1) is 0 Å². The van der Waals surface area contributed by atoms with Crippen LogP contribution in [0.4, 0.5) is 5.69 Å². The molecule has 118 valence electrons. The van der Waals surface area contributed by atoms with Crippen molar-refractivity contribution in [3.63, 3.8) is 0 Å². The van der Waals surface area contributed by atoms with Gasteiger partial charge in [-0.05, 0) is 44.4 Å². The van der Waals surface area contributed by atoms with Crippen LogP contribution in [0.3, 0.4) is 0 Å². The van der Waals surface area contributed by atoms with Crippen LogP contribution in [0.5, 0.6) is 0 Å². The first-order valence-corrected chi connectivity index (χ1v) is 7.69. The number of amides is 1. The lowest BCUT2D eigenvalue weighted by molar-refractivity contribution is -0.127. The minimum Gasteiger partial charge on any atom is -0.399 e. The topological polar surface area (TPSA) is 58.4 Å². The molecule has 1 aromatic rings. The first-order chi connectivity index (χ1) is 9.81. The van der Waals surface area contributed by atoms with Crippen molar-refractivity contribution < 1.29 is 4.79 Å². The van der Waals surface area contributed by atoms with Gasteiger partial charge in [0.2, 0.25) is 5.91 Å². The zero-order chi connectivity index (χ0) is 16.0. The molecule has 0 saturated heterocycles. The average molecular weight is 291 g/mol. The van der Waals surface area contributed by atoms with Crippen molar-refractivity contribution in [2.45, 2.75) is 53.2 Å². The molecule has 0 aliphatic rings. The van der Waals surface area contributed by atoms with Gasteiger partial charge in [-0.1, -0.05) is 26.0 Å². The van der Waals surface area contributed by atoms with Crippen LogP contribution < -0.4 is 11.1 Å². The molecule has 0 aromatic heterocycles. The molecule has 0 saturated carbocycles. The van der Waals surface area contributed by atoms with E-state index in [0.29, 0.717) is 12.0 Å². The molecule has 0 bridgehead atoms. The molecule has 1 atom stereocenters. The number of anilines is 1. The van der Waals surface area contributed by atoms with Crippen LogP contribution in [0.2, 0.25) is 0 Å². The summed E-state index contributed by atoms with van der Waals surface area (Å²) in [5.41, 5.74) is 7.65. The molecule has 1 amide bonds. The van der Waals surface area contributed by atoms with Crippen molar-refractivity contribution in [2.75, 3.05) is 12.3 Å². The van der Waals surface area contributed by atoms with Crippen molar-refractivity contribution in [3.8, 4) is 0 Å². The Kier molecular flexibility index (Phi) is 6.69. The fourth-order valence-corrected chi connectivity index (χ4v) is 2.20. The van der Waals surface area contributed by atoms with Crippen LogP contribution in [0, 0.1) is 5.92 Å². The highest BCUT2D eigenvalue weighted by Gasteiger charge is 2.23. The molecule has 1 aromatic carbocycles. The van der Waals surface area contributed by atoms with E-state index in [1.807, 2.05) is 31.2 Å². The number of nitrogens with one attached hydrogen (secondary N) is 1. The minimum atomic E-state index is -0.152. The predicted octanol–water partition coefficient (Wildman–Crippen LogP) is 2.64. The molecule has 1 rings (SSSR count). The molecule has 0 aliphatic carbocycles. The smallest absolute Gasteiger partial charge is 0.237 e. The maximum absolute atomic E-state index is 12.3. The van der Waals surface area contributed by atoms with Crippen LogP contribution in [-0.2, 0) is 11.3 Å². The van der Waals surface area contributed by atoms with Gasteiger partial charge >= 0.3 is 0 Å². The van der Waals surface area contributed by atoms with E-state index < -0.39 is 0 Å². The Morgan fingerprint density at radius 1 is 1.14 bits per heavy atom. The monoisotopic (exact) mass is 291 g/mol. The van der Waals surface area contributed by atoms with E-state index in [4.69, 9.17) is 5.73 Å². The first kappa shape index (κ1) is 17.5. The van der Waals surface area contributed by atoms with E-state index in [1.54, 1.807) is 0 Å². The van der Waals surface area contributed by atoms with Crippen molar-refractivity contribution in [1.29, 1.82) is 0 Å². The lowest BCUT2D eigenvalue weighted by atomic mass is 10.1. The molecular weight excluding hydrogens is 262 g/mol. The third-order valence-electron chi connectivity index (χ3n) is 3.57. The summed E-state index contributed by atoms with van der Waals surface area (Å²) in [6, 6.07) is 7.98. The summed E-state index contributed by atoms with van der Waals surface area (Å²) < 4.78 is 0. The highest BCUT2D eigenvalue weighted by atomic mass is 16.2. The predicted molar refractivity (Wildman–Crippen MR) is 88.8 cm³/mol. The Morgan fingerprint density at radius 3 is 2.19 bits per heavy atom. The standard InChI is InChI=1S/C17H29N3O/c1-12(2)10-19-17(21)14(5)20(13(3)4)11-15-6-8-16(18)9-7-15/h6-9,12-14H,10-11,18H2,1-5H3,(H,19,21). The quantitative estimate of drug-likeness (QED) is 0.759. The highest BCUT2D eigenvalue weighted by Crippen LogP contribution is 2.14. The van der Waals surface area contributed by atoms with Gasteiger partial charge in [0, 0.05) is 24.8 Å². The Bertz CT molecular complexity index is 440. The summed E-state index contributed by atoms with van der Waals surface area (Å²) in [5.74, 6) is 0.554. The number of carbonyl (C=O) groups is 1. The molecule has 4 heteroatoms. The van der Waals surface area contributed by atoms with E-state index in [1.165, 1.54) is 5.56 Å². The fourth-order valence-electron chi connectivity index (χ4n) is 2.20. The van der Waals surface area contributed by atoms with Gasteiger partial charge in [0.15, 0.2) is 0 Å². The third-order valence-corrected chi connectivity index (χ3v) is 3.57. The SMILES string of the molecule is CC(C)CNC(=O)C(C)N(Cc1ccc(N)cc1)C(C)C. The van der Waals surface area contributed by atoms with E-state index in [9.17, 15) is 4.79 Å². The van der Waals surface area contributed by atoms with Crippen molar-refractivity contribution in [3.05, 3.63) is 29.8 Å². The zero-order valence-corrected chi connectivity index (χ0v) is 13.9. The van der Waals surface area contributed by atoms with Gasteiger partial charge in [0.1, 0.15) is 0 Å². The molecular formula is C17H29N3O. The van der Waals surface area contributed by atoms with Gasteiger partial charge in [0.25, 0.3) is 0 Å². The van der Waals surface area contributed by atoms with E-state index >= 15 is 0 Å². The van der Waals surface area contributed by atoms with E-state index in [2.05, 4.69) is 37.9 Å². The Hall–Kier alpha value is -1.55. The van der Waals surface area contributed by atoms with Crippen molar-refractivity contribution >= 4 is 11.6 Å². The second-order valence-electron chi connectivity index (χ2n) is 6.32. The number of benzene rings is 1. The number of nitrogens with zero attached hydrogens (tertiary/aromatic N) is 1. The largest absolute Gasteiger partial charge is 0.399 e. The molecule has 0 heterocycles. The van der Waals surface area contributed by atoms with Crippen LogP contribution in [0.15, 0.2) is 24.3 Å². The number of nitrogen functional groups attached to an aromatic ring is 1. The summed E-state index contributed by atoms with van der Waals surface area (Å²) in [5, 5.41) is 3.01. The highest BCUT2D eigenvalue weighted by molar-refractivity contribution is 5.81. The maximum Gasteiger partial charge on any atom is 0.237 e. The number of carbonyl (C=O) groups excluding carboxylic acids is 1. The molecule has 0 radical (unpaired) electrons. The molecule has 4 nitrogen and oxygen atoms in total. The summed E-state index contributed by atoms with van der Waals surface area (Å²) >= 11 is 0. The maximum atomic E-state index is 12.3. The molecule has 1 unspecified atom stereocenters. The van der Waals surface area contributed by atoms with Crippen LogP contribution in [0.25, 0.3) is 0 Å². The lowest BCUT2D eigenvalue weighted by Gasteiger charge is -2.32. The summed E-state index contributed by atoms with van der Waals surface area (Å²) in [6.45, 7) is 11.9. The van der Waals surface area contributed by atoms with Crippen LogP contribution in [-0.4, -0.2) is 29.4 Å². The number of hydrogen-bond donors (Lipinski definition) is 2. The molecule has 0 aliphatic heterocycles. The minimum absolute atomic E-state index is 0.0906. The first-order valence-electron chi connectivity index (χ1n) is 7.69. The zero-order valence-electron chi connectivity index (χ0n) is 13.9. The Morgan fingerprint density at radius 2 is 1.71 bits per heavy atom. The number of rotatable bonds is 7. The fraction of sp³-hybridized carbons (Fsp3) is 0.588. The average Bonchev–Trinajstić information content (AvgIpc) is 2.43. The van der Waals surface area contributed by atoms with E-state index in [-0.39, 0.29) is 11.9 Å². The van der Waals surface area contributed by atoms with Gasteiger partial charge in [-0.25, -0.2) is 0 Å². The van der Waals surface area contributed by atoms with Gasteiger partial charge in [-0.3, -0.25) is 9.69 Å². The van der Waals surface area contributed by atoms with Gasteiger partial charge in [0.05, 0.1) is 6.04 Å². The molecule has 21 heavy (non-hydrogen) atoms. The second kappa shape index (κ2) is 8.03. The second-order valence-corrected chi connectivity index (χ2v) is 6.32. The lowest BCUT2D eigenvalue weighted by Crippen LogP contribution is -2.48. The normalized spacial score (nSPS) is 13.0. The number of hydrogen-bond acceptors (Lipinski definition) is 3. The van der Waals surface area contributed by atoms with Crippen molar-refractivity contribution in [2.24, 2.45) is 5.92 Å². The summed E-state index contributed by atoms with van der Waals surface area (Å²) in [4.78, 5) is 14.5. The molecule has 0 spiro atoms. The third kappa shape index (κ3) is 5.76. The molecule has 3 N–H and O–H groups in total. The molecule has 0 fully saturated rings. The summed E-state index contributed by atoms with van der Waals surface area (Å²) in [7, 11) is 0. The van der Waals surface area contributed by atoms with E-state index in [0.717, 1.165) is 18.8 Å².